The average molecular weight is 447 g/mol. The van der Waals surface area contributed by atoms with E-state index in [1.165, 1.54) is 10.5 Å². The SMILES string of the molecule is CCOc1ccc(C2=C(N3CC(C)CC(C)C3)C(=O)N(c3ccc(C(C)C)cc3)C2=O)cc1. The summed E-state index contributed by atoms with van der Waals surface area (Å²) in [5.74, 6) is 1.56. The number of rotatable bonds is 6. The number of anilines is 1. The van der Waals surface area contributed by atoms with Crippen LogP contribution in [0.5, 0.6) is 5.75 Å². The van der Waals surface area contributed by atoms with Crippen molar-refractivity contribution in [3.63, 3.8) is 0 Å². The Labute approximate surface area is 197 Å². The van der Waals surface area contributed by atoms with Crippen molar-refractivity contribution in [3.8, 4) is 5.75 Å². The minimum Gasteiger partial charge on any atom is -0.494 e. The van der Waals surface area contributed by atoms with Gasteiger partial charge in [-0.05, 0) is 66.5 Å². The summed E-state index contributed by atoms with van der Waals surface area (Å²) in [4.78, 5) is 31.0. The second-order valence-corrected chi connectivity index (χ2v) is 9.72. The Bertz CT molecular complexity index is 1040. The zero-order chi connectivity index (χ0) is 23.7. The third-order valence-corrected chi connectivity index (χ3v) is 6.52. The van der Waals surface area contributed by atoms with Gasteiger partial charge >= 0.3 is 0 Å². The molecule has 5 nitrogen and oxygen atoms in total. The Morgan fingerprint density at radius 1 is 0.909 bits per heavy atom. The van der Waals surface area contributed by atoms with Gasteiger partial charge in [0.2, 0.25) is 0 Å². The first-order valence-corrected chi connectivity index (χ1v) is 12.0. The Balaban J connectivity index is 1.77. The number of carbonyl (C=O) groups is 2. The maximum Gasteiger partial charge on any atom is 0.282 e. The third kappa shape index (κ3) is 4.54. The molecule has 1 fully saturated rings. The number of ether oxygens (including phenoxy) is 1. The summed E-state index contributed by atoms with van der Waals surface area (Å²) in [5.41, 5.74) is 3.55. The van der Waals surface area contributed by atoms with Crippen molar-refractivity contribution in [2.24, 2.45) is 11.8 Å². The summed E-state index contributed by atoms with van der Waals surface area (Å²) < 4.78 is 5.57. The standard InChI is InChI=1S/C28H34N2O3/c1-6-33-24-13-9-22(10-14-24)25-26(29-16-19(4)15-20(5)17-29)28(32)30(27(25)31)23-11-7-21(8-12-23)18(2)3/h7-14,18-20H,6,15-17H2,1-5H3. The van der Waals surface area contributed by atoms with E-state index in [0.717, 1.165) is 30.8 Å². The van der Waals surface area contributed by atoms with E-state index in [-0.39, 0.29) is 11.8 Å². The fraction of sp³-hybridized carbons (Fsp3) is 0.429. The molecule has 2 aromatic carbocycles. The lowest BCUT2D eigenvalue weighted by molar-refractivity contribution is -0.120. The van der Waals surface area contributed by atoms with Gasteiger partial charge in [0.05, 0.1) is 17.9 Å². The summed E-state index contributed by atoms with van der Waals surface area (Å²) in [5, 5.41) is 0. The largest absolute Gasteiger partial charge is 0.494 e. The predicted octanol–water partition coefficient (Wildman–Crippen LogP) is 5.47. The first kappa shape index (κ1) is 23.1. The monoisotopic (exact) mass is 446 g/mol. The van der Waals surface area contributed by atoms with E-state index >= 15 is 0 Å². The number of amides is 2. The number of piperidine rings is 1. The van der Waals surface area contributed by atoms with E-state index in [4.69, 9.17) is 4.74 Å². The fourth-order valence-electron chi connectivity index (χ4n) is 5.04. The average Bonchev–Trinajstić information content (AvgIpc) is 3.04. The van der Waals surface area contributed by atoms with Gasteiger partial charge in [-0.2, -0.15) is 0 Å². The highest BCUT2D eigenvalue weighted by Crippen LogP contribution is 2.38. The van der Waals surface area contributed by atoms with Crippen LogP contribution in [0.25, 0.3) is 5.57 Å². The van der Waals surface area contributed by atoms with Gasteiger partial charge in [-0.1, -0.05) is 52.0 Å². The number of carbonyl (C=O) groups excluding carboxylic acids is 2. The van der Waals surface area contributed by atoms with Crippen LogP contribution in [0.3, 0.4) is 0 Å². The van der Waals surface area contributed by atoms with E-state index < -0.39 is 0 Å². The maximum atomic E-state index is 13.8. The van der Waals surface area contributed by atoms with Gasteiger partial charge in [0.15, 0.2) is 0 Å². The number of benzene rings is 2. The fourth-order valence-corrected chi connectivity index (χ4v) is 5.04. The Morgan fingerprint density at radius 3 is 2.06 bits per heavy atom. The van der Waals surface area contributed by atoms with Crippen molar-refractivity contribution >= 4 is 23.1 Å². The van der Waals surface area contributed by atoms with E-state index in [2.05, 4.69) is 32.6 Å². The van der Waals surface area contributed by atoms with Crippen LogP contribution in [0.2, 0.25) is 0 Å². The van der Waals surface area contributed by atoms with Crippen molar-refractivity contribution < 1.29 is 14.3 Å². The molecule has 0 radical (unpaired) electrons. The van der Waals surface area contributed by atoms with Gasteiger partial charge in [-0.25, -0.2) is 4.90 Å². The molecule has 2 heterocycles. The molecule has 33 heavy (non-hydrogen) atoms. The molecule has 2 aliphatic heterocycles. The molecule has 0 saturated carbocycles. The number of imide groups is 1. The van der Waals surface area contributed by atoms with Crippen LogP contribution in [-0.2, 0) is 9.59 Å². The zero-order valence-corrected chi connectivity index (χ0v) is 20.3. The molecule has 4 rings (SSSR count). The van der Waals surface area contributed by atoms with Gasteiger partial charge in [-0.15, -0.1) is 0 Å². The van der Waals surface area contributed by atoms with Gasteiger partial charge in [0, 0.05) is 13.1 Å². The quantitative estimate of drug-likeness (QED) is 0.552. The maximum absolute atomic E-state index is 13.8. The number of hydrogen-bond acceptors (Lipinski definition) is 4. The number of likely N-dealkylation sites (tertiary alicyclic amines) is 1. The van der Waals surface area contributed by atoms with Crippen LogP contribution >= 0.6 is 0 Å². The van der Waals surface area contributed by atoms with Gasteiger partial charge in [-0.3, -0.25) is 9.59 Å². The molecule has 0 N–H and O–H groups in total. The lowest BCUT2D eigenvalue weighted by atomic mass is 9.91. The van der Waals surface area contributed by atoms with Crippen molar-refractivity contribution in [3.05, 3.63) is 65.4 Å². The molecule has 0 bridgehead atoms. The molecule has 0 spiro atoms. The summed E-state index contributed by atoms with van der Waals surface area (Å²) in [6.07, 6.45) is 1.13. The van der Waals surface area contributed by atoms with Crippen LogP contribution in [0, 0.1) is 11.8 Å². The van der Waals surface area contributed by atoms with Crippen molar-refractivity contribution in [1.29, 1.82) is 0 Å². The molecule has 2 aromatic rings. The minimum absolute atomic E-state index is 0.234. The van der Waals surface area contributed by atoms with Crippen LogP contribution in [-0.4, -0.2) is 36.4 Å². The topological polar surface area (TPSA) is 49.9 Å². The van der Waals surface area contributed by atoms with Crippen LogP contribution in [0.1, 0.15) is 58.1 Å². The number of nitrogens with zero attached hydrogens (tertiary/aromatic N) is 2. The highest BCUT2D eigenvalue weighted by molar-refractivity contribution is 6.45. The molecule has 174 valence electrons. The van der Waals surface area contributed by atoms with Crippen LogP contribution < -0.4 is 9.64 Å². The van der Waals surface area contributed by atoms with Crippen molar-refractivity contribution in [2.75, 3.05) is 24.6 Å². The Morgan fingerprint density at radius 2 is 1.52 bits per heavy atom. The van der Waals surface area contributed by atoms with Gasteiger partial charge in [0.25, 0.3) is 11.8 Å². The molecule has 0 aromatic heterocycles. The molecule has 2 unspecified atom stereocenters. The number of hydrogen-bond donors (Lipinski definition) is 0. The molecule has 1 saturated heterocycles. The summed E-state index contributed by atoms with van der Waals surface area (Å²) in [6.45, 7) is 12.8. The van der Waals surface area contributed by atoms with E-state index in [0.29, 0.717) is 41.3 Å². The molecule has 2 aliphatic rings. The first-order valence-electron chi connectivity index (χ1n) is 12.0. The van der Waals surface area contributed by atoms with Crippen molar-refractivity contribution in [2.45, 2.75) is 47.0 Å². The smallest absolute Gasteiger partial charge is 0.282 e. The van der Waals surface area contributed by atoms with E-state index in [1.54, 1.807) is 0 Å². The Kier molecular flexibility index (Phi) is 6.59. The van der Waals surface area contributed by atoms with Gasteiger partial charge in [0.1, 0.15) is 11.4 Å². The second kappa shape index (κ2) is 9.42. The Hall–Kier alpha value is -3.08. The molecule has 0 aliphatic carbocycles. The third-order valence-electron chi connectivity index (χ3n) is 6.52. The summed E-state index contributed by atoms with van der Waals surface area (Å²) >= 11 is 0. The highest BCUT2D eigenvalue weighted by Gasteiger charge is 2.43. The summed E-state index contributed by atoms with van der Waals surface area (Å²) in [7, 11) is 0. The lowest BCUT2D eigenvalue weighted by Crippen LogP contribution is -2.42. The van der Waals surface area contributed by atoms with Gasteiger partial charge < -0.3 is 9.64 Å². The second-order valence-electron chi connectivity index (χ2n) is 9.72. The molecule has 5 heteroatoms. The van der Waals surface area contributed by atoms with Crippen LogP contribution in [0.15, 0.2) is 54.2 Å². The first-order chi connectivity index (χ1) is 15.8. The zero-order valence-electron chi connectivity index (χ0n) is 20.3. The molecular weight excluding hydrogens is 412 g/mol. The summed E-state index contributed by atoms with van der Waals surface area (Å²) in [6, 6.07) is 15.3. The minimum atomic E-state index is -0.262. The highest BCUT2D eigenvalue weighted by atomic mass is 16.5. The van der Waals surface area contributed by atoms with Crippen molar-refractivity contribution in [1.82, 2.24) is 4.90 Å². The lowest BCUT2D eigenvalue weighted by Gasteiger charge is -2.37. The molecule has 2 atom stereocenters. The van der Waals surface area contributed by atoms with Crippen LogP contribution in [0.4, 0.5) is 5.69 Å². The van der Waals surface area contributed by atoms with E-state index in [1.807, 2.05) is 55.5 Å². The normalized spacial score (nSPS) is 21.4. The molecular formula is C28H34N2O3. The van der Waals surface area contributed by atoms with E-state index in [9.17, 15) is 9.59 Å². The molecule has 2 amide bonds. The predicted molar refractivity (Wildman–Crippen MR) is 132 cm³/mol.